The summed E-state index contributed by atoms with van der Waals surface area (Å²) in [5.41, 5.74) is -1.27. The summed E-state index contributed by atoms with van der Waals surface area (Å²) in [5.74, 6) is -4.60. The molecule has 23 heavy (non-hydrogen) atoms. The van der Waals surface area contributed by atoms with E-state index < -0.39 is 34.9 Å². The average Bonchev–Trinajstić information content (AvgIpc) is 2.90. The van der Waals surface area contributed by atoms with Crippen molar-refractivity contribution in [2.24, 2.45) is 0 Å². The Labute approximate surface area is 126 Å². The largest absolute Gasteiger partial charge is 0.506 e. The van der Waals surface area contributed by atoms with E-state index in [4.69, 9.17) is 10.2 Å². The van der Waals surface area contributed by atoms with Crippen LogP contribution in [-0.4, -0.2) is 48.3 Å². The molecule has 0 aliphatic rings. The lowest BCUT2D eigenvalue weighted by molar-refractivity contribution is 0.0678. The van der Waals surface area contributed by atoms with Crippen molar-refractivity contribution in [2.75, 3.05) is 0 Å². The van der Waals surface area contributed by atoms with Crippen LogP contribution >= 0.6 is 0 Å². The van der Waals surface area contributed by atoms with Crippen molar-refractivity contribution in [3.8, 4) is 5.75 Å². The van der Waals surface area contributed by atoms with E-state index in [9.17, 15) is 24.6 Å². The van der Waals surface area contributed by atoms with Crippen molar-refractivity contribution >= 4 is 39.7 Å². The molecule has 0 atom stereocenters. The molecule has 0 saturated carbocycles. The van der Waals surface area contributed by atoms with Gasteiger partial charge in [-0.05, 0) is 18.2 Å². The van der Waals surface area contributed by atoms with E-state index in [1.54, 1.807) is 0 Å². The second-order valence-electron chi connectivity index (χ2n) is 4.74. The van der Waals surface area contributed by atoms with Crippen molar-refractivity contribution in [1.29, 1.82) is 0 Å². The standard InChI is InChI=1S/C14H8N2O7/c17-8-2-4-1-6(13(20)21)15-10(4)9-5(12(18)19)3-7(14(22)23)16-11(8)9/h1-3,15,17H,(H,18,19)(H,20,21)(H,22,23). The number of hydrogen-bond acceptors (Lipinski definition) is 5. The van der Waals surface area contributed by atoms with Crippen molar-refractivity contribution in [2.45, 2.75) is 0 Å². The second kappa shape index (κ2) is 4.70. The van der Waals surface area contributed by atoms with E-state index in [0.29, 0.717) is 0 Å². The van der Waals surface area contributed by atoms with Gasteiger partial charge in [-0.15, -0.1) is 0 Å². The van der Waals surface area contributed by atoms with Crippen LogP contribution in [0.2, 0.25) is 0 Å². The first-order valence-corrected chi connectivity index (χ1v) is 6.19. The van der Waals surface area contributed by atoms with Crippen molar-refractivity contribution in [1.82, 2.24) is 9.97 Å². The Hall–Kier alpha value is -3.62. The number of aromatic nitrogens is 2. The highest BCUT2D eigenvalue weighted by Crippen LogP contribution is 2.34. The average molecular weight is 316 g/mol. The SMILES string of the molecule is O=C(O)c1cc(C(=O)O)c2c(n1)c(O)cc1cc(C(=O)O)[nH]c12. The maximum absolute atomic E-state index is 11.5. The molecule has 116 valence electrons. The molecule has 0 unspecified atom stereocenters. The molecule has 2 aromatic heterocycles. The van der Waals surface area contributed by atoms with Gasteiger partial charge in [0, 0.05) is 10.8 Å². The molecule has 0 amide bonds. The van der Waals surface area contributed by atoms with Gasteiger partial charge in [0.2, 0.25) is 0 Å². The molecule has 9 heteroatoms. The van der Waals surface area contributed by atoms with Crippen LogP contribution in [0.1, 0.15) is 31.3 Å². The van der Waals surface area contributed by atoms with Gasteiger partial charge in [-0.1, -0.05) is 0 Å². The van der Waals surface area contributed by atoms with Gasteiger partial charge in [0.05, 0.1) is 11.1 Å². The van der Waals surface area contributed by atoms with E-state index in [-0.39, 0.29) is 27.5 Å². The van der Waals surface area contributed by atoms with Gasteiger partial charge in [0.25, 0.3) is 0 Å². The Kier molecular flexibility index (Phi) is 2.93. The number of aromatic carboxylic acids is 3. The number of pyridine rings is 1. The quantitative estimate of drug-likeness (QED) is 0.486. The van der Waals surface area contributed by atoms with Crippen molar-refractivity contribution in [3.05, 3.63) is 35.2 Å². The number of carbonyl (C=O) groups is 3. The summed E-state index contributed by atoms with van der Waals surface area (Å²) in [6.07, 6.45) is 0. The Balaban J connectivity index is 2.55. The molecule has 0 fully saturated rings. The summed E-state index contributed by atoms with van der Waals surface area (Å²) in [5, 5.41) is 37.6. The molecule has 2 heterocycles. The summed E-state index contributed by atoms with van der Waals surface area (Å²) < 4.78 is 0. The van der Waals surface area contributed by atoms with Gasteiger partial charge in [0.15, 0.2) is 0 Å². The number of phenols is 1. The number of rotatable bonds is 3. The molecule has 9 nitrogen and oxygen atoms in total. The third kappa shape index (κ3) is 2.11. The minimum atomic E-state index is -1.45. The number of nitrogens with zero attached hydrogens (tertiary/aromatic N) is 1. The summed E-state index contributed by atoms with van der Waals surface area (Å²) in [6.45, 7) is 0. The van der Waals surface area contributed by atoms with Crippen LogP contribution < -0.4 is 0 Å². The molecule has 0 aliphatic heterocycles. The fourth-order valence-electron chi connectivity index (χ4n) is 2.38. The molecule has 0 spiro atoms. The zero-order chi connectivity index (χ0) is 16.9. The third-order valence-corrected chi connectivity index (χ3v) is 3.33. The Morgan fingerprint density at radius 3 is 2.22 bits per heavy atom. The van der Waals surface area contributed by atoms with Gasteiger partial charge in [-0.2, -0.15) is 0 Å². The lowest BCUT2D eigenvalue weighted by Crippen LogP contribution is -2.06. The molecule has 0 aliphatic carbocycles. The number of H-pyrrole nitrogens is 1. The molecule has 0 radical (unpaired) electrons. The monoisotopic (exact) mass is 316 g/mol. The number of aromatic hydroxyl groups is 1. The fourth-order valence-corrected chi connectivity index (χ4v) is 2.38. The predicted molar refractivity (Wildman–Crippen MR) is 76.1 cm³/mol. The molecule has 3 aromatic rings. The van der Waals surface area contributed by atoms with Gasteiger partial charge in [0.1, 0.15) is 22.7 Å². The molecular formula is C14H8N2O7. The molecule has 0 bridgehead atoms. The smallest absolute Gasteiger partial charge is 0.354 e. The van der Waals surface area contributed by atoms with Gasteiger partial charge in [-0.3, -0.25) is 0 Å². The molecule has 0 saturated heterocycles. The van der Waals surface area contributed by atoms with E-state index >= 15 is 0 Å². The lowest BCUT2D eigenvalue weighted by Gasteiger charge is -2.07. The Bertz CT molecular complexity index is 1020. The number of fused-ring (bicyclic) bond motifs is 3. The predicted octanol–water partition coefficient (Wildman–Crippen LogP) is 1.52. The van der Waals surface area contributed by atoms with Gasteiger partial charge >= 0.3 is 17.9 Å². The minimum Gasteiger partial charge on any atom is -0.506 e. The Morgan fingerprint density at radius 2 is 1.65 bits per heavy atom. The summed E-state index contributed by atoms with van der Waals surface area (Å²) in [6, 6.07) is 3.27. The van der Waals surface area contributed by atoms with Crippen LogP contribution in [0.3, 0.4) is 0 Å². The molecule has 5 N–H and O–H groups in total. The molecule has 3 rings (SSSR count). The zero-order valence-corrected chi connectivity index (χ0v) is 11.2. The van der Waals surface area contributed by atoms with Crippen molar-refractivity contribution in [3.63, 3.8) is 0 Å². The highest BCUT2D eigenvalue weighted by molar-refractivity contribution is 6.17. The zero-order valence-electron chi connectivity index (χ0n) is 11.2. The topological polar surface area (TPSA) is 161 Å². The number of nitrogens with one attached hydrogen (secondary N) is 1. The molecule has 1 aromatic carbocycles. The normalized spacial score (nSPS) is 11.0. The first-order chi connectivity index (χ1) is 10.8. The van der Waals surface area contributed by atoms with Crippen LogP contribution in [0.5, 0.6) is 5.75 Å². The first-order valence-electron chi connectivity index (χ1n) is 6.19. The fraction of sp³-hybridized carbons (Fsp3) is 0. The van der Waals surface area contributed by atoms with E-state index in [1.165, 1.54) is 12.1 Å². The van der Waals surface area contributed by atoms with Gasteiger partial charge < -0.3 is 25.4 Å². The van der Waals surface area contributed by atoms with E-state index in [2.05, 4.69) is 9.97 Å². The Morgan fingerprint density at radius 1 is 0.957 bits per heavy atom. The third-order valence-electron chi connectivity index (χ3n) is 3.33. The minimum absolute atomic E-state index is 0.0648. The number of phenolic OH excluding ortho intramolecular Hbond substituents is 1. The summed E-state index contributed by atoms with van der Waals surface area (Å²) in [4.78, 5) is 39.9. The van der Waals surface area contributed by atoms with Crippen LogP contribution in [0.15, 0.2) is 18.2 Å². The number of hydrogen-bond donors (Lipinski definition) is 5. The maximum atomic E-state index is 11.5. The maximum Gasteiger partial charge on any atom is 0.354 e. The summed E-state index contributed by atoms with van der Waals surface area (Å²) in [7, 11) is 0. The lowest BCUT2D eigenvalue weighted by atomic mass is 10.0. The number of aromatic amines is 1. The number of carboxylic acids is 3. The number of carboxylic acid groups (broad SMARTS) is 3. The van der Waals surface area contributed by atoms with Gasteiger partial charge in [-0.25, -0.2) is 19.4 Å². The van der Waals surface area contributed by atoms with Crippen LogP contribution in [-0.2, 0) is 0 Å². The van der Waals surface area contributed by atoms with Crippen LogP contribution in [0.4, 0.5) is 0 Å². The first kappa shape index (κ1) is 14.3. The van der Waals surface area contributed by atoms with Crippen LogP contribution in [0, 0.1) is 0 Å². The summed E-state index contributed by atoms with van der Waals surface area (Å²) >= 11 is 0. The van der Waals surface area contributed by atoms with E-state index in [1.807, 2.05) is 0 Å². The second-order valence-corrected chi connectivity index (χ2v) is 4.74. The molecular weight excluding hydrogens is 308 g/mol. The number of benzene rings is 1. The van der Waals surface area contributed by atoms with E-state index in [0.717, 1.165) is 6.07 Å². The van der Waals surface area contributed by atoms with Crippen LogP contribution in [0.25, 0.3) is 21.8 Å². The highest BCUT2D eigenvalue weighted by Gasteiger charge is 2.21. The highest BCUT2D eigenvalue weighted by atomic mass is 16.4. The van der Waals surface area contributed by atoms with Crippen molar-refractivity contribution < 1.29 is 34.8 Å².